The first kappa shape index (κ1) is 7.96. The predicted molar refractivity (Wildman–Crippen MR) is 37.4 cm³/mol. The van der Waals surface area contributed by atoms with Gasteiger partial charge in [0.1, 0.15) is 12.8 Å². The molecule has 0 saturated heterocycles. The molecule has 1 fully saturated rings. The van der Waals surface area contributed by atoms with Gasteiger partial charge in [-0.1, -0.05) is 13.3 Å². The third kappa shape index (κ3) is 1.68. The van der Waals surface area contributed by atoms with E-state index < -0.39 is 12.8 Å². The normalized spacial score (nSPS) is 24.3. The fourth-order valence-electron chi connectivity index (χ4n) is 1.40. The van der Waals surface area contributed by atoms with E-state index in [-0.39, 0.29) is 5.41 Å². The fourth-order valence-corrected chi connectivity index (χ4v) is 1.40. The SMILES string of the molecule is CCC1(CC(F)CF)CC1. The van der Waals surface area contributed by atoms with Gasteiger partial charge in [-0.2, -0.15) is 0 Å². The molecule has 0 amide bonds. The molecule has 0 bridgehead atoms. The highest BCUT2D eigenvalue weighted by molar-refractivity contribution is 4.93. The standard InChI is InChI=1S/C8H14F2/c1-2-8(3-4-8)5-7(10)6-9/h7H,2-6H2,1H3. The van der Waals surface area contributed by atoms with Crippen molar-refractivity contribution < 1.29 is 8.78 Å². The molecule has 0 nitrogen and oxygen atoms in total. The van der Waals surface area contributed by atoms with E-state index in [1.807, 2.05) is 0 Å². The van der Waals surface area contributed by atoms with Gasteiger partial charge in [0, 0.05) is 0 Å². The molecule has 2 heteroatoms. The summed E-state index contributed by atoms with van der Waals surface area (Å²) in [5.74, 6) is 0. The smallest absolute Gasteiger partial charge is 0.129 e. The van der Waals surface area contributed by atoms with Crippen LogP contribution in [0.4, 0.5) is 8.78 Å². The third-order valence-corrected chi connectivity index (χ3v) is 2.53. The van der Waals surface area contributed by atoms with Crippen molar-refractivity contribution in [2.45, 2.75) is 38.8 Å². The van der Waals surface area contributed by atoms with Crippen LogP contribution in [0.25, 0.3) is 0 Å². The lowest BCUT2D eigenvalue weighted by atomic mass is 9.97. The highest BCUT2D eigenvalue weighted by atomic mass is 19.2. The molecule has 1 unspecified atom stereocenters. The lowest BCUT2D eigenvalue weighted by Crippen LogP contribution is -2.11. The van der Waals surface area contributed by atoms with Gasteiger partial charge >= 0.3 is 0 Å². The first-order valence-corrected chi connectivity index (χ1v) is 3.92. The van der Waals surface area contributed by atoms with Crippen LogP contribution in [0.3, 0.4) is 0 Å². The second-order valence-corrected chi connectivity index (χ2v) is 3.31. The summed E-state index contributed by atoms with van der Waals surface area (Å²) in [5.41, 5.74) is 0.200. The Balaban J connectivity index is 2.23. The molecule has 10 heavy (non-hydrogen) atoms. The highest BCUT2D eigenvalue weighted by Crippen LogP contribution is 2.52. The lowest BCUT2D eigenvalue weighted by molar-refractivity contribution is 0.205. The molecule has 0 aromatic carbocycles. The summed E-state index contributed by atoms with van der Waals surface area (Å²) in [4.78, 5) is 0. The minimum Gasteiger partial charge on any atom is -0.248 e. The molecule has 1 aliphatic rings. The Hall–Kier alpha value is -0.140. The second-order valence-electron chi connectivity index (χ2n) is 3.31. The Morgan fingerprint density at radius 3 is 2.40 bits per heavy atom. The van der Waals surface area contributed by atoms with Gasteiger partial charge in [0.25, 0.3) is 0 Å². The van der Waals surface area contributed by atoms with Gasteiger partial charge in [0.05, 0.1) is 0 Å². The molecule has 0 radical (unpaired) electrons. The van der Waals surface area contributed by atoms with Crippen molar-refractivity contribution in [3.8, 4) is 0 Å². The average Bonchev–Trinajstić information content (AvgIpc) is 2.70. The minimum absolute atomic E-state index is 0.200. The lowest BCUT2D eigenvalue weighted by Gasteiger charge is -2.12. The monoisotopic (exact) mass is 148 g/mol. The molecule has 60 valence electrons. The Kier molecular flexibility index (Phi) is 2.27. The number of alkyl halides is 2. The maximum Gasteiger partial charge on any atom is 0.129 e. The van der Waals surface area contributed by atoms with E-state index in [0.29, 0.717) is 6.42 Å². The Morgan fingerprint density at radius 2 is 2.10 bits per heavy atom. The minimum atomic E-state index is -1.21. The summed E-state index contributed by atoms with van der Waals surface area (Å²) in [6.45, 7) is 1.25. The van der Waals surface area contributed by atoms with Crippen LogP contribution < -0.4 is 0 Å². The van der Waals surface area contributed by atoms with E-state index >= 15 is 0 Å². The summed E-state index contributed by atoms with van der Waals surface area (Å²) in [6, 6.07) is 0. The third-order valence-electron chi connectivity index (χ3n) is 2.53. The molecule has 0 aliphatic heterocycles. The van der Waals surface area contributed by atoms with Crippen LogP contribution in [-0.4, -0.2) is 12.8 Å². The van der Waals surface area contributed by atoms with Crippen LogP contribution in [-0.2, 0) is 0 Å². The van der Waals surface area contributed by atoms with Crippen molar-refractivity contribution in [3.63, 3.8) is 0 Å². The van der Waals surface area contributed by atoms with E-state index in [0.717, 1.165) is 19.3 Å². The number of hydrogen-bond acceptors (Lipinski definition) is 0. The number of rotatable bonds is 4. The van der Waals surface area contributed by atoms with E-state index in [4.69, 9.17) is 0 Å². The second kappa shape index (κ2) is 2.85. The highest BCUT2D eigenvalue weighted by Gasteiger charge is 2.42. The van der Waals surface area contributed by atoms with Crippen molar-refractivity contribution in [2.24, 2.45) is 5.41 Å². The maximum atomic E-state index is 12.5. The van der Waals surface area contributed by atoms with Gasteiger partial charge in [0.2, 0.25) is 0 Å². The fraction of sp³-hybridized carbons (Fsp3) is 1.00. The van der Waals surface area contributed by atoms with Crippen molar-refractivity contribution in [1.29, 1.82) is 0 Å². The summed E-state index contributed by atoms with van der Waals surface area (Å²) >= 11 is 0. The van der Waals surface area contributed by atoms with Crippen LogP contribution in [0.1, 0.15) is 32.6 Å². The Morgan fingerprint density at radius 1 is 1.50 bits per heavy atom. The van der Waals surface area contributed by atoms with Gasteiger partial charge in [0.15, 0.2) is 0 Å². The summed E-state index contributed by atoms with van der Waals surface area (Å²) in [7, 11) is 0. The largest absolute Gasteiger partial charge is 0.248 e. The van der Waals surface area contributed by atoms with E-state index in [9.17, 15) is 8.78 Å². The number of halogens is 2. The Labute approximate surface area is 60.6 Å². The van der Waals surface area contributed by atoms with E-state index in [2.05, 4.69) is 6.92 Å². The van der Waals surface area contributed by atoms with Crippen LogP contribution in [0, 0.1) is 5.41 Å². The molecule has 1 saturated carbocycles. The first-order valence-electron chi connectivity index (χ1n) is 3.92. The van der Waals surface area contributed by atoms with E-state index in [1.165, 1.54) is 0 Å². The molecular formula is C8H14F2. The first-order chi connectivity index (χ1) is 4.72. The predicted octanol–water partition coefficient (Wildman–Crippen LogP) is 2.87. The van der Waals surface area contributed by atoms with E-state index in [1.54, 1.807) is 0 Å². The summed E-state index contributed by atoms with van der Waals surface area (Å²) in [6.07, 6.45) is 2.45. The average molecular weight is 148 g/mol. The van der Waals surface area contributed by atoms with Crippen LogP contribution in [0.15, 0.2) is 0 Å². The van der Waals surface area contributed by atoms with Gasteiger partial charge in [-0.05, 0) is 24.7 Å². The molecule has 0 heterocycles. The van der Waals surface area contributed by atoms with Gasteiger partial charge in [-0.15, -0.1) is 0 Å². The topological polar surface area (TPSA) is 0 Å². The maximum absolute atomic E-state index is 12.5. The molecule has 0 spiro atoms. The van der Waals surface area contributed by atoms with Gasteiger partial charge in [-0.3, -0.25) is 0 Å². The zero-order valence-electron chi connectivity index (χ0n) is 6.37. The van der Waals surface area contributed by atoms with Crippen molar-refractivity contribution in [3.05, 3.63) is 0 Å². The molecule has 1 rings (SSSR count). The van der Waals surface area contributed by atoms with Crippen molar-refractivity contribution in [1.82, 2.24) is 0 Å². The Bertz CT molecular complexity index is 108. The summed E-state index contributed by atoms with van der Waals surface area (Å²) in [5, 5.41) is 0. The van der Waals surface area contributed by atoms with Crippen LogP contribution in [0.2, 0.25) is 0 Å². The molecule has 1 atom stereocenters. The van der Waals surface area contributed by atoms with Crippen LogP contribution in [0.5, 0.6) is 0 Å². The summed E-state index contributed by atoms with van der Waals surface area (Å²) < 4.78 is 24.2. The van der Waals surface area contributed by atoms with Crippen LogP contribution >= 0.6 is 0 Å². The van der Waals surface area contributed by atoms with Gasteiger partial charge < -0.3 is 0 Å². The zero-order valence-corrected chi connectivity index (χ0v) is 6.37. The molecule has 0 N–H and O–H groups in total. The van der Waals surface area contributed by atoms with Crippen molar-refractivity contribution in [2.75, 3.05) is 6.67 Å². The zero-order chi connectivity index (χ0) is 7.61. The van der Waals surface area contributed by atoms with Crippen molar-refractivity contribution >= 4 is 0 Å². The molecular weight excluding hydrogens is 134 g/mol. The quantitative estimate of drug-likeness (QED) is 0.575. The molecule has 0 aromatic heterocycles. The van der Waals surface area contributed by atoms with Gasteiger partial charge in [-0.25, -0.2) is 8.78 Å². The molecule has 0 aromatic rings. The molecule has 1 aliphatic carbocycles. The number of hydrogen-bond donors (Lipinski definition) is 0.